The van der Waals surface area contributed by atoms with Crippen LogP contribution in [0.25, 0.3) is 0 Å². The molecule has 16 heavy (non-hydrogen) atoms. The van der Waals surface area contributed by atoms with Crippen molar-refractivity contribution in [1.29, 1.82) is 0 Å². The lowest BCUT2D eigenvalue weighted by Crippen LogP contribution is -2.28. The number of nitrogens with one attached hydrogen (secondary N) is 1. The van der Waals surface area contributed by atoms with Gasteiger partial charge < -0.3 is 0 Å². The van der Waals surface area contributed by atoms with Crippen molar-refractivity contribution in [3.05, 3.63) is 47.0 Å². The molecule has 1 heterocycles. The predicted octanol–water partition coefficient (Wildman–Crippen LogP) is 1.68. The third-order valence-electron chi connectivity index (χ3n) is 2.50. The monoisotopic (exact) mass is 234 g/mol. The first-order valence-corrected chi connectivity index (χ1v) is 6.01. The largest absolute Gasteiger partial charge is 0.271 e. The van der Waals surface area contributed by atoms with E-state index < -0.39 is 0 Å². The standard InChI is InChI=1S/C11H14N4S/c12-13-10(11-8-16-15-14-11)7-6-9-4-2-1-3-5-9/h1-5,8,10,13H,6-7,12H2. The fourth-order valence-corrected chi connectivity index (χ4v) is 2.10. The molecule has 0 aliphatic heterocycles. The normalized spacial score (nSPS) is 12.6. The molecule has 2 aromatic rings. The number of nitrogens with two attached hydrogens (primary N) is 1. The summed E-state index contributed by atoms with van der Waals surface area (Å²) in [5, 5.41) is 5.95. The van der Waals surface area contributed by atoms with Crippen LogP contribution in [0.3, 0.4) is 0 Å². The Balaban J connectivity index is 1.94. The molecule has 1 aromatic carbocycles. The van der Waals surface area contributed by atoms with E-state index in [0.29, 0.717) is 0 Å². The quantitative estimate of drug-likeness (QED) is 0.610. The zero-order chi connectivity index (χ0) is 11.2. The molecule has 3 N–H and O–H groups in total. The maximum Gasteiger partial charge on any atom is 0.0938 e. The van der Waals surface area contributed by atoms with E-state index in [1.54, 1.807) is 0 Å². The van der Waals surface area contributed by atoms with Crippen LogP contribution in [-0.2, 0) is 6.42 Å². The molecule has 2 rings (SSSR count). The van der Waals surface area contributed by atoms with Gasteiger partial charge in [0.25, 0.3) is 0 Å². The van der Waals surface area contributed by atoms with E-state index in [-0.39, 0.29) is 6.04 Å². The van der Waals surface area contributed by atoms with Crippen molar-refractivity contribution in [2.45, 2.75) is 18.9 Å². The second kappa shape index (κ2) is 5.69. The van der Waals surface area contributed by atoms with E-state index in [1.165, 1.54) is 17.1 Å². The first-order valence-electron chi connectivity index (χ1n) is 5.17. The Morgan fingerprint density at radius 3 is 2.75 bits per heavy atom. The molecule has 0 amide bonds. The molecule has 0 spiro atoms. The summed E-state index contributed by atoms with van der Waals surface area (Å²) in [5.41, 5.74) is 5.01. The average Bonchev–Trinajstić information content (AvgIpc) is 2.85. The maximum absolute atomic E-state index is 5.51. The lowest BCUT2D eigenvalue weighted by atomic mass is 10.0. The van der Waals surface area contributed by atoms with Crippen molar-refractivity contribution in [3.8, 4) is 0 Å². The molecule has 0 saturated carbocycles. The van der Waals surface area contributed by atoms with Crippen LogP contribution in [0.1, 0.15) is 23.7 Å². The number of nitrogens with zero attached hydrogens (tertiary/aromatic N) is 2. The topological polar surface area (TPSA) is 63.8 Å². The Morgan fingerprint density at radius 1 is 1.31 bits per heavy atom. The van der Waals surface area contributed by atoms with Gasteiger partial charge in [0.2, 0.25) is 0 Å². The van der Waals surface area contributed by atoms with Gasteiger partial charge in [-0.15, -0.1) is 5.10 Å². The summed E-state index contributed by atoms with van der Waals surface area (Å²) in [6, 6.07) is 10.4. The third-order valence-corrected chi connectivity index (χ3v) is 3.02. The van der Waals surface area contributed by atoms with Crippen LogP contribution in [0, 0.1) is 0 Å². The fourth-order valence-electron chi connectivity index (χ4n) is 1.60. The Labute approximate surface area is 98.6 Å². The predicted molar refractivity (Wildman–Crippen MR) is 64.7 cm³/mol. The van der Waals surface area contributed by atoms with Crippen molar-refractivity contribution in [1.82, 2.24) is 15.0 Å². The first-order chi connectivity index (χ1) is 7.90. The molecule has 0 bridgehead atoms. The fraction of sp³-hybridized carbons (Fsp3) is 0.273. The Hall–Kier alpha value is -1.30. The van der Waals surface area contributed by atoms with Crippen LogP contribution < -0.4 is 11.3 Å². The molecular weight excluding hydrogens is 220 g/mol. The molecule has 4 nitrogen and oxygen atoms in total. The lowest BCUT2D eigenvalue weighted by molar-refractivity contribution is 0.503. The molecule has 1 unspecified atom stereocenters. The number of benzene rings is 1. The number of rotatable bonds is 5. The van der Waals surface area contributed by atoms with Crippen LogP contribution in [0.15, 0.2) is 35.7 Å². The Kier molecular flexibility index (Phi) is 3.98. The average molecular weight is 234 g/mol. The number of aromatic nitrogens is 2. The van der Waals surface area contributed by atoms with Crippen molar-refractivity contribution >= 4 is 11.5 Å². The van der Waals surface area contributed by atoms with Gasteiger partial charge in [0.1, 0.15) is 0 Å². The molecule has 84 valence electrons. The minimum absolute atomic E-state index is 0.0824. The van der Waals surface area contributed by atoms with Gasteiger partial charge in [-0.3, -0.25) is 11.3 Å². The first kappa shape index (κ1) is 11.2. The summed E-state index contributed by atoms with van der Waals surface area (Å²) in [7, 11) is 0. The van der Waals surface area contributed by atoms with Crippen LogP contribution >= 0.6 is 11.5 Å². The van der Waals surface area contributed by atoms with Gasteiger partial charge in [-0.05, 0) is 29.9 Å². The summed E-state index contributed by atoms with van der Waals surface area (Å²) in [6.45, 7) is 0. The van der Waals surface area contributed by atoms with E-state index >= 15 is 0 Å². The summed E-state index contributed by atoms with van der Waals surface area (Å²) >= 11 is 1.35. The minimum atomic E-state index is 0.0824. The molecule has 0 aliphatic carbocycles. The molecule has 0 radical (unpaired) electrons. The zero-order valence-electron chi connectivity index (χ0n) is 8.84. The second-order valence-corrected chi connectivity index (χ2v) is 4.18. The van der Waals surface area contributed by atoms with E-state index in [1.807, 2.05) is 23.6 Å². The Bertz CT molecular complexity index is 401. The highest BCUT2D eigenvalue weighted by molar-refractivity contribution is 7.03. The van der Waals surface area contributed by atoms with Gasteiger partial charge in [0.15, 0.2) is 0 Å². The molecule has 0 aliphatic rings. The summed E-state index contributed by atoms with van der Waals surface area (Å²) < 4.78 is 3.84. The van der Waals surface area contributed by atoms with Gasteiger partial charge in [0, 0.05) is 5.38 Å². The molecule has 5 heteroatoms. The molecular formula is C11H14N4S. The maximum atomic E-state index is 5.51. The van der Waals surface area contributed by atoms with Crippen LogP contribution in [-0.4, -0.2) is 9.59 Å². The van der Waals surface area contributed by atoms with Crippen LogP contribution in [0.2, 0.25) is 0 Å². The SMILES string of the molecule is NNC(CCc1ccccc1)c1csnn1. The van der Waals surface area contributed by atoms with Gasteiger partial charge >= 0.3 is 0 Å². The van der Waals surface area contributed by atoms with E-state index in [0.717, 1.165) is 18.5 Å². The van der Waals surface area contributed by atoms with E-state index in [9.17, 15) is 0 Å². The highest BCUT2D eigenvalue weighted by atomic mass is 32.1. The molecule has 1 atom stereocenters. The summed E-state index contributed by atoms with van der Waals surface area (Å²) in [6.07, 6.45) is 1.90. The summed E-state index contributed by atoms with van der Waals surface area (Å²) in [4.78, 5) is 0. The number of hydrogen-bond acceptors (Lipinski definition) is 5. The van der Waals surface area contributed by atoms with Crippen molar-refractivity contribution in [2.24, 2.45) is 5.84 Å². The lowest BCUT2D eigenvalue weighted by Gasteiger charge is -2.12. The molecule has 0 saturated heterocycles. The number of hydrazine groups is 1. The highest BCUT2D eigenvalue weighted by Gasteiger charge is 2.12. The van der Waals surface area contributed by atoms with E-state index in [4.69, 9.17) is 5.84 Å². The molecule has 1 aromatic heterocycles. The van der Waals surface area contributed by atoms with Crippen LogP contribution in [0.4, 0.5) is 0 Å². The van der Waals surface area contributed by atoms with Crippen molar-refractivity contribution in [3.63, 3.8) is 0 Å². The third kappa shape index (κ3) is 2.85. The summed E-state index contributed by atoms with van der Waals surface area (Å²) in [5.74, 6) is 5.51. The minimum Gasteiger partial charge on any atom is -0.271 e. The van der Waals surface area contributed by atoms with E-state index in [2.05, 4.69) is 27.1 Å². The Morgan fingerprint density at radius 2 is 2.12 bits per heavy atom. The second-order valence-electron chi connectivity index (χ2n) is 3.57. The van der Waals surface area contributed by atoms with Gasteiger partial charge in [-0.2, -0.15) is 0 Å². The van der Waals surface area contributed by atoms with Gasteiger partial charge in [0.05, 0.1) is 11.7 Å². The van der Waals surface area contributed by atoms with Crippen LogP contribution in [0.5, 0.6) is 0 Å². The highest BCUT2D eigenvalue weighted by Crippen LogP contribution is 2.17. The van der Waals surface area contributed by atoms with Gasteiger partial charge in [-0.1, -0.05) is 34.8 Å². The molecule has 0 fully saturated rings. The smallest absolute Gasteiger partial charge is 0.0938 e. The zero-order valence-corrected chi connectivity index (χ0v) is 9.65. The van der Waals surface area contributed by atoms with Gasteiger partial charge in [-0.25, -0.2) is 0 Å². The number of aryl methyl sites for hydroxylation is 1. The number of hydrogen-bond donors (Lipinski definition) is 2. The van der Waals surface area contributed by atoms with Crippen molar-refractivity contribution in [2.75, 3.05) is 0 Å². The van der Waals surface area contributed by atoms with Crippen molar-refractivity contribution < 1.29 is 0 Å².